The van der Waals surface area contributed by atoms with Gasteiger partial charge in [-0.1, -0.05) is 31.0 Å². The second kappa shape index (κ2) is 9.13. The number of hydrogen-bond acceptors (Lipinski definition) is 3. The predicted octanol–water partition coefficient (Wildman–Crippen LogP) is 2.51. The van der Waals surface area contributed by atoms with Gasteiger partial charge in [0.25, 0.3) is 0 Å². The molecule has 0 saturated carbocycles. The number of unbranched alkanes of at least 4 members (excludes halogenated alkanes) is 1. The van der Waals surface area contributed by atoms with Crippen molar-refractivity contribution in [2.45, 2.75) is 33.1 Å². The Morgan fingerprint density at radius 3 is 2.43 bits per heavy atom. The van der Waals surface area contributed by atoms with Crippen molar-refractivity contribution in [3.05, 3.63) is 29.8 Å². The highest BCUT2D eigenvalue weighted by Gasteiger charge is 2.12. The zero-order chi connectivity index (χ0) is 15.7. The van der Waals surface area contributed by atoms with Crippen LogP contribution in [0.5, 0.6) is 0 Å². The molecule has 0 radical (unpaired) electrons. The van der Waals surface area contributed by atoms with E-state index >= 15 is 0 Å². The van der Waals surface area contributed by atoms with E-state index in [1.807, 2.05) is 36.1 Å². The van der Waals surface area contributed by atoms with E-state index in [1.54, 1.807) is 0 Å². The first-order valence-electron chi connectivity index (χ1n) is 7.32. The molecule has 0 unspecified atom stereocenters. The number of carbonyl (C=O) groups is 2. The number of nitrogens with zero attached hydrogens (tertiary/aromatic N) is 1. The average molecular weight is 292 g/mol. The molecule has 1 aromatic rings. The topological polar surface area (TPSA) is 69.6 Å². The smallest absolute Gasteiger partial charge is 0.304 e. The summed E-state index contributed by atoms with van der Waals surface area (Å²) >= 11 is 0. The van der Waals surface area contributed by atoms with Gasteiger partial charge in [-0.2, -0.15) is 0 Å². The van der Waals surface area contributed by atoms with Crippen LogP contribution in [-0.2, 0) is 9.59 Å². The first-order valence-corrected chi connectivity index (χ1v) is 7.32. The first-order chi connectivity index (χ1) is 10.0. The lowest BCUT2D eigenvalue weighted by Gasteiger charge is -2.20. The van der Waals surface area contributed by atoms with Gasteiger partial charge in [-0.05, 0) is 32.0 Å². The summed E-state index contributed by atoms with van der Waals surface area (Å²) in [5.41, 5.74) is 1.90. The summed E-state index contributed by atoms with van der Waals surface area (Å²) in [5, 5.41) is 11.6. The molecule has 0 aliphatic heterocycles. The Morgan fingerprint density at radius 1 is 1.19 bits per heavy atom. The van der Waals surface area contributed by atoms with Crippen LogP contribution in [0.25, 0.3) is 0 Å². The minimum absolute atomic E-state index is 0.0571. The average Bonchev–Trinajstić information content (AvgIpc) is 2.44. The third kappa shape index (κ3) is 7.46. The summed E-state index contributed by atoms with van der Waals surface area (Å²) in [5.74, 6) is -0.948. The Labute approximate surface area is 126 Å². The van der Waals surface area contributed by atoms with Crippen LogP contribution in [0, 0.1) is 6.92 Å². The van der Waals surface area contributed by atoms with Crippen LogP contribution in [-0.4, -0.2) is 41.5 Å². The molecule has 0 bridgehead atoms. The molecule has 2 N–H and O–H groups in total. The maximum atomic E-state index is 12.0. The van der Waals surface area contributed by atoms with Crippen molar-refractivity contribution < 1.29 is 14.7 Å². The Morgan fingerprint density at radius 2 is 1.86 bits per heavy atom. The second-order valence-corrected chi connectivity index (χ2v) is 5.19. The lowest BCUT2D eigenvalue weighted by molar-refractivity contribution is -0.137. The largest absolute Gasteiger partial charge is 0.481 e. The number of carbonyl (C=O) groups excluding carboxylic acids is 1. The fraction of sp³-hybridized carbons (Fsp3) is 0.500. The summed E-state index contributed by atoms with van der Waals surface area (Å²) in [6.07, 6.45) is 2.03. The van der Waals surface area contributed by atoms with E-state index < -0.39 is 5.97 Å². The van der Waals surface area contributed by atoms with Gasteiger partial charge >= 0.3 is 5.97 Å². The molecule has 0 aliphatic carbocycles. The van der Waals surface area contributed by atoms with Crippen LogP contribution in [0.4, 0.5) is 5.69 Å². The molecule has 1 aromatic carbocycles. The summed E-state index contributed by atoms with van der Waals surface area (Å²) in [6, 6.07) is 7.60. The summed E-state index contributed by atoms with van der Waals surface area (Å²) in [6.45, 7) is 5.43. The second-order valence-electron chi connectivity index (χ2n) is 5.19. The monoisotopic (exact) mass is 292 g/mol. The van der Waals surface area contributed by atoms with Gasteiger partial charge in [0.15, 0.2) is 0 Å². The van der Waals surface area contributed by atoms with Crippen LogP contribution in [0.1, 0.15) is 31.7 Å². The number of carboxylic acid groups (broad SMARTS) is 1. The highest BCUT2D eigenvalue weighted by molar-refractivity contribution is 5.92. The van der Waals surface area contributed by atoms with E-state index in [9.17, 15) is 9.59 Å². The third-order valence-corrected chi connectivity index (χ3v) is 3.17. The fourth-order valence-corrected chi connectivity index (χ4v) is 1.95. The van der Waals surface area contributed by atoms with Gasteiger partial charge in [-0.3, -0.25) is 14.5 Å². The van der Waals surface area contributed by atoms with Crippen LogP contribution < -0.4 is 5.32 Å². The first kappa shape index (κ1) is 17.2. The maximum absolute atomic E-state index is 12.0. The number of hydrogen-bond donors (Lipinski definition) is 2. The van der Waals surface area contributed by atoms with Crippen molar-refractivity contribution in [2.75, 3.05) is 25.0 Å². The van der Waals surface area contributed by atoms with Crippen LogP contribution in [0.15, 0.2) is 24.3 Å². The number of carboxylic acids is 1. The van der Waals surface area contributed by atoms with E-state index in [0.29, 0.717) is 6.54 Å². The molecule has 0 saturated heterocycles. The normalized spacial score (nSPS) is 10.6. The van der Waals surface area contributed by atoms with Gasteiger partial charge in [0.2, 0.25) is 5.91 Å². The molecule has 1 amide bonds. The fourth-order valence-electron chi connectivity index (χ4n) is 1.95. The maximum Gasteiger partial charge on any atom is 0.304 e. The van der Waals surface area contributed by atoms with E-state index in [0.717, 1.165) is 30.6 Å². The van der Waals surface area contributed by atoms with Gasteiger partial charge in [0.1, 0.15) is 0 Å². The number of rotatable bonds is 9. The van der Waals surface area contributed by atoms with Crippen LogP contribution >= 0.6 is 0 Å². The molecular weight excluding hydrogens is 268 g/mol. The van der Waals surface area contributed by atoms with Crippen molar-refractivity contribution in [1.82, 2.24) is 4.90 Å². The molecule has 0 aliphatic rings. The van der Waals surface area contributed by atoms with Gasteiger partial charge in [0.05, 0.1) is 13.0 Å². The van der Waals surface area contributed by atoms with Gasteiger partial charge in [-0.15, -0.1) is 0 Å². The SMILES string of the molecule is CCCCN(CCC(=O)O)CC(=O)Nc1ccc(C)cc1. The minimum atomic E-state index is -0.838. The molecule has 0 spiro atoms. The van der Waals surface area contributed by atoms with E-state index in [2.05, 4.69) is 12.2 Å². The molecule has 0 heterocycles. The lowest BCUT2D eigenvalue weighted by Crippen LogP contribution is -2.35. The van der Waals surface area contributed by atoms with E-state index in [4.69, 9.17) is 5.11 Å². The summed E-state index contributed by atoms with van der Waals surface area (Å²) in [7, 11) is 0. The van der Waals surface area contributed by atoms with Crippen molar-refractivity contribution in [3.63, 3.8) is 0 Å². The van der Waals surface area contributed by atoms with E-state index in [1.165, 1.54) is 0 Å². The summed E-state index contributed by atoms with van der Waals surface area (Å²) in [4.78, 5) is 24.6. The van der Waals surface area contributed by atoms with Gasteiger partial charge < -0.3 is 10.4 Å². The Bertz CT molecular complexity index is 457. The van der Waals surface area contributed by atoms with Crippen molar-refractivity contribution in [3.8, 4) is 0 Å². The number of aliphatic carboxylic acids is 1. The lowest BCUT2D eigenvalue weighted by atomic mass is 10.2. The number of aryl methyl sites for hydroxylation is 1. The van der Waals surface area contributed by atoms with Crippen LogP contribution in [0.3, 0.4) is 0 Å². The van der Waals surface area contributed by atoms with E-state index in [-0.39, 0.29) is 18.9 Å². The van der Waals surface area contributed by atoms with Crippen molar-refractivity contribution in [1.29, 1.82) is 0 Å². The predicted molar refractivity (Wildman–Crippen MR) is 83.4 cm³/mol. The van der Waals surface area contributed by atoms with Gasteiger partial charge in [0, 0.05) is 12.2 Å². The number of anilines is 1. The molecule has 5 heteroatoms. The number of nitrogens with one attached hydrogen (secondary N) is 1. The Hall–Kier alpha value is -1.88. The quantitative estimate of drug-likeness (QED) is 0.733. The molecular formula is C16H24N2O3. The van der Waals surface area contributed by atoms with Gasteiger partial charge in [-0.25, -0.2) is 0 Å². The Kier molecular flexibility index (Phi) is 7.46. The molecule has 0 fully saturated rings. The minimum Gasteiger partial charge on any atom is -0.481 e. The van der Waals surface area contributed by atoms with Crippen LogP contribution in [0.2, 0.25) is 0 Å². The number of amides is 1. The molecule has 0 atom stereocenters. The summed E-state index contributed by atoms with van der Waals surface area (Å²) < 4.78 is 0. The zero-order valence-electron chi connectivity index (χ0n) is 12.8. The van der Waals surface area contributed by atoms with Crippen molar-refractivity contribution >= 4 is 17.6 Å². The highest BCUT2D eigenvalue weighted by atomic mass is 16.4. The standard InChI is InChI=1S/C16H24N2O3/c1-3-4-10-18(11-9-16(20)21)12-15(19)17-14-7-5-13(2)6-8-14/h5-8H,3-4,9-12H2,1-2H3,(H,17,19)(H,20,21). The third-order valence-electron chi connectivity index (χ3n) is 3.17. The molecule has 1 rings (SSSR count). The highest BCUT2D eigenvalue weighted by Crippen LogP contribution is 2.08. The zero-order valence-corrected chi connectivity index (χ0v) is 12.8. The molecule has 116 valence electrons. The molecule has 21 heavy (non-hydrogen) atoms. The molecule has 0 aromatic heterocycles. The molecule has 5 nitrogen and oxygen atoms in total. The van der Waals surface area contributed by atoms with Crippen molar-refractivity contribution in [2.24, 2.45) is 0 Å². The Balaban J connectivity index is 2.49. The number of benzene rings is 1.